The van der Waals surface area contributed by atoms with Crippen LogP contribution in [0.1, 0.15) is 0 Å². The first-order chi connectivity index (χ1) is 31.3. The minimum absolute atomic E-state index is 0.869. The van der Waals surface area contributed by atoms with Crippen LogP contribution in [0.2, 0.25) is 0 Å². The fraction of sp³-hybridized carbons (Fsp3) is 0. The van der Waals surface area contributed by atoms with Gasteiger partial charge in [-0.2, -0.15) is 0 Å². The van der Waals surface area contributed by atoms with Crippen molar-refractivity contribution in [1.29, 1.82) is 0 Å². The van der Waals surface area contributed by atoms with Gasteiger partial charge in [-0.25, -0.2) is 0 Å². The minimum Gasteiger partial charge on any atom is -0.454 e. The average Bonchev–Trinajstić information content (AvgIpc) is 4.03. The van der Waals surface area contributed by atoms with Crippen LogP contribution in [0.4, 0.5) is 0 Å². The number of rotatable bonds is 6. The van der Waals surface area contributed by atoms with E-state index < -0.39 is 0 Å². The van der Waals surface area contributed by atoms with E-state index in [0.717, 1.165) is 49.9 Å². The van der Waals surface area contributed by atoms with Gasteiger partial charge in [-0.1, -0.05) is 182 Å². The molecule has 0 saturated heterocycles. The normalized spacial score (nSPS) is 11.8. The van der Waals surface area contributed by atoms with Crippen molar-refractivity contribution >= 4 is 65.6 Å². The van der Waals surface area contributed by atoms with Gasteiger partial charge < -0.3 is 13.6 Å². The third-order valence-corrected chi connectivity index (χ3v) is 13.0. The van der Waals surface area contributed by atoms with Crippen LogP contribution in [0.3, 0.4) is 0 Å². The molecular weight excluding hydrogens is 765 g/mol. The van der Waals surface area contributed by atoms with E-state index in [1.807, 2.05) is 0 Å². The maximum absolute atomic E-state index is 6.99. The molecular formula is C60H38N2O. The Morgan fingerprint density at radius 2 is 0.746 bits per heavy atom. The Morgan fingerprint density at radius 1 is 0.270 bits per heavy atom. The summed E-state index contributed by atoms with van der Waals surface area (Å²) in [4.78, 5) is 0. The molecule has 0 N–H and O–H groups in total. The zero-order valence-electron chi connectivity index (χ0n) is 34.2. The Bertz CT molecular complexity index is 3890. The molecule has 0 radical (unpaired) electrons. The van der Waals surface area contributed by atoms with Crippen molar-refractivity contribution in [3.8, 4) is 55.9 Å². The number of nitrogens with zero attached hydrogens (tertiary/aromatic N) is 2. The first-order valence-corrected chi connectivity index (χ1v) is 21.6. The Kier molecular flexibility index (Phi) is 7.91. The van der Waals surface area contributed by atoms with Crippen LogP contribution in [0.5, 0.6) is 0 Å². The Morgan fingerprint density at radius 3 is 1.43 bits per heavy atom. The summed E-state index contributed by atoms with van der Waals surface area (Å²) in [5.74, 6) is 0. The van der Waals surface area contributed by atoms with Crippen molar-refractivity contribution in [1.82, 2.24) is 9.13 Å². The highest BCUT2D eigenvalue weighted by atomic mass is 16.3. The van der Waals surface area contributed by atoms with Crippen molar-refractivity contribution in [2.24, 2.45) is 0 Å². The number of hydrogen-bond acceptors (Lipinski definition) is 1. The fourth-order valence-corrected chi connectivity index (χ4v) is 10.3. The van der Waals surface area contributed by atoms with Crippen LogP contribution in [-0.4, -0.2) is 9.13 Å². The largest absolute Gasteiger partial charge is 0.454 e. The van der Waals surface area contributed by atoms with Crippen molar-refractivity contribution in [2.75, 3.05) is 0 Å². The number of aromatic nitrogens is 2. The predicted molar refractivity (Wildman–Crippen MR) is 264 cm³/mol. The molecule has 294 valence electrons. The molecule has 0 atom stereocenters. The SMILES string of the molecule is c1ccc(-c2ccc(-n3c4ccccc4c4c(-c5cccc6c5c5ccccc5n6-c5ccc(-c6ccccc6-c6ccccc6)c6c5oc5ccccc56)cccc43)cc2)cc1. The molecule has 0 bridgehead atoms. The molecule has 3 heterocycles. The van der Waals surface area contributed by atoms with Crippen LogP contribution in [0.25, 0.3) is 121 Å². The molecule has 0 aliphatic heterocycles. The highest BCUT2D eigenvalue weighted by Gasteiger charge is 2.24. The number of benzene rings is 10. The molecule has 0 aliphatic rings. The van der Waals surface area contributed by atoms with Gasteiger partial charge in [0, 0.05) is 38.0 Å². The van der Waals surface area contributed by atoms with E-state index in [1.165, 1.54) is 71.5 Å². The van der Waals surface area contributed by atoms with E-state index >= 15 is 0 Å². The molecule has 63 heavy (non-hydrogen) atoms. The second-order valence-electron chi connectivity index (χ2n) is 16.4. The molecule has 13 aromatic rings. The van der Waals surface area contributed by atoms with E-state index in [-0.39, 0.29) is 0 Å². The maximum atomic E-state index is 6.99. The molecule has 0 fully saturated rings. The molecule has 13 rings (SSSR count). The Balaban J connectivity index is 1.05. The smallest absolute Gasteiger partial charge is 0.160 e. The zero-order chi connectivity index (χ0) is 41.4. The lowest BCUT2D eigenvalue weighted by Gasteiger charge is -2.14. The summed E-state index contributed by atoms with van der Waals surface area (Å²) >= 11 is 0. The van der Waals surface area contributed by atoms with Gasteiger partial charge in [0.25, 0.3) is 0 Å². The molecule has 0 saturated carbocycles. The number of para-hydroxylation sites is 3. The van der Waals surface area contributed by atoms with E-state index in [2.05, 4.69) is 240 Å². The topological polar surface area (TPSA) is 23.0 Å². The van der Waals surface area contributed by atoms with Crippen LogP contribution >= 0.6 is 0 Å². The summed E-state index contributed by atoms with van der Waals surface area (Å²) in [5, 5.41) is 7.10. The van der Waals surface area contributed by atoms with Gasteiger partial charge in [-0.05, 0) is 93.0 Å². The number of hydrogen-bond donors (Lipinski definition) is 0. The van der Waals surface area contributed by atoms with Gasteiger partial charge in [0.1, 0.15) is 5.58 Å². The highest BCUT2D eigenvalue weighted by Crippen LogP contribution is 2.47. The third-order valence-electron chi connectivity index (χ3n) is 13.0. The van der Waals surface area contributed by atoms with Gasteiger partial charge in [0.15, 0.2) is 5.58 Å². The standard InChI is InChI=1S/C60H38N2O/c1-3-17-39(18-4-1)40-33-35-42(36-34-40)61-51-28-12-9-23-48(51)57-45(26-15-30-53(57)61)46-27-16-31-54-58(46)49-24-10-13-29-52(49)62(54)55-38-37-47(59-50-25-11-14-32-56(50)63-60(55)59)44-22-8-7-21-43(44)41-19-5-2-6-20-41/h1-38H. The average molecular weight is 803 g/mol. The first kappa shape index (κ1) is 35.4. The van der Waals surface area contributed by atoms with Crippen LogP contribution < -0.4 is 0 Å². The second kappa shape index (κ2) is 14.1. The zero-order valence-corrected chi connectivity index (χ0v) is 34.2. The molecule has 10 aromatic carbocycles. The van der Waals surface area contributed by atoms with Crippen molar-refractivity contribution < 1.29 is 4.42 Å². The van der Waals surface area contributed by atoms with Crippen molar-refractivity contribution in [3.05, 3.63) is 231 Å². The van der Waals surface area contributed by atoms with E-state index in [4.69, 9.17) is 4.42 Å². The van der Waals surface area contributed by atoms with Gasteiger partial charge in [-0.3, -0.25) is 0 Å². The molecule has 0 unspecified atom stereocenters. The monoisotopic (exact) mass is 802 g/mol. The second-order valence-corrected chi connectivity index (χ2v) is 16.4. The third kappa shape index (κ3) is 5.40. The quantitative estimate of drug-likeness (QED) is 0.164. The lowest BCUT2D eigenvalue weighted by Crippen LogP contribution is -1.96. The van der Waals surface area contributed by atoms with Gasteiger partial charge in [0.05, 0.1) is 27.8 Å². The van der Waals surface area contributed by atoms with E-state index in [9.17, 15) is 0 Å². The molecule has 0 aliphatic carbocycles. The lowest BCUT2D eigenvalue weighted by atomic mass is 9.91. The molecule has 0 spiro atoms. The highest BCUT2D eigenvalue weighted by molar-refractivity contribution is 6.23. The number of furan rings is 1. The first-order valence-electron chi connectivity index (χ1n) is 21.6. The summed E-state index contributed by atoms with van der Waals surface area (Å²) < 4.78 is 11.8. The maximum Gasteiger partial charge on any atom is 0.160 e. The molecule has 0 amide bonds. The molecule has 3 nitrogen and oxygen atoms in total. The predicted octanol–water partition coefficient (Wildman–Crippen LogP) is 16.4. The van der Waals surface area contributed by atoms with Crippen LogP contribution in [0, 0.1) is 0 Å². The number of fused-ring (bicyclic) bond motifs is 9. The van der Waals surface area contributed by atoms with Crippen LogP contribution in [0.15, 0.2) is 235 Å². The summed E-state index contributed by atoms with van der Waals surface area (Å²) in [5.41, 5.74) is 18.0. The van der Waals surface area contributed by atoms with Crippen molar-refractivity contribution in [3.63, 3.8) is 0 Å². The Hall–Kier alpha value is -8.40. The molecule has 3 heteroatoms. The van der Waals surface area contributed by atoms with Crippen molar-refractivity contribution in [2.45, 2.75) is 0 Å². The van der Waals surface area contributed by atoms with E-state index in [0.29, 0.717) is 0 Å². The summed E-state index contributed by atoms with van der Waals surface area (Å²) in [6.45, 7) is 0. The van der Waals surface area contributed by atoms with Gasteiger partial charge >= 0.3 is 0 Å². The van der Waals surface area contributed by atoms with Crippen LogP contribution in [-0.2, 0) is 0 Å². The lowest BCUT2D eigenvalue weighted by molar-refractivity contribution is 0.666. The van der Waals surface area contributed by atoms with Gasteiger partial charge in [-0.15, -0.1) is 0 Å². The summed E-state index contributed by atoms with van der Waals surface area (Å²) in [6.07, 6.45) is 0. The van der Waals surface area contributed by atoms with Gasteiger partial charge in [0.2, 0.25) is 0 Å². The summed E-state index contributed by atoms with van der Waals surface area (Å²) in [7, 11) is 0. The Labute approximate surface area is 363 Å². The minimum atomic E-state index is 0.869. The fourth-order valence-electron chi connectivity index (χ4n) is 10.3. The van der Waals surface area contributed by atoms with E-state index in [1.54, 1.807) is 0 Å². The summed E-state index contributed by atoms with van der Waals surface area (Å²) in [6, 6.07) is 83.2. The molecule has 3 aromatic heterocycles.